The number of aryl methyl sites for hydroxylation is 1. The molecule has 1 fully saturated rings. The van der Waals surface area contributed by atoms with Gasteiger partial charge in [-0.15, -0.1) is 0 Å². The molecule has 1 aliphatic rings. The van der Waals surface area contributed by atoms with Crippen LogP contribution in [0.5, 0.6) is 0 Å². The Bertz CT molecular complexity index is 1310. The lowest BCUT2D eigenvalue weighted by atomic mass is 9.92. The number of H-pyrrole nitrogens is 1. The molecule has 2 N–H and O–H groups in total. The second-order valence-electron chi connectivity index (χ2n) is 9.36. The standard InChI is InChI=1S/C25H31N7O/c1-15(2)22-23(18-11-16(3)25-27-14-28-32(25)12-18)30-20-6-5-19(29-24(20)22)17-7-9-31(10-8-17)13-21(33)26-4/h5-6,11-12,14-15,17,30H,7-10,13H2,1-4H3,(H,26,33). The Balaban J connectivity index is 1.48. The number of amides is 1. The number of aromatic nitrogens is 5. The average Bonchev–Trinajstić information content (AvgIpc) is 3.44. The average molecular weight is 446 g/mol. The number of likely N-dealkylation sites (N-methyl/N-ethyl adjacent to an activating group) is 1. The molecular weight excluding hydrogens is 414 g/mol. The number of likely N-dealkylation sites (tertiary alicyclic amines) is 1. The highest BCUT2D eigenvalue weighted by Gasteiger charge is 2.25. The molecule has 1 saturated heterocycles. The van der Waals surface area contributed by atoms with E-state index < -0.39 is 0 Å². The molecule has 1 aliphatic heterocycles. The van der Waals surface area contributed by atoms with Gasteiger partial charge in [0.1, 0.15) is 6.33 Å². The number of piperidine rings is 1. The van der Waals surface area contributed by atoms with Gasteiger partial charge in [0.25, 0.3) is 0 Å². The Labute approximate surface area is 193 Å². The zero-order valence-corrected chi connectivity index (χ0v) is 19.7. The van der Waals surface area contributed by atoms with E-state index in [2.05, 4.69) is 64.3 Å². The van der Waals surface area contributed by atoms with Crippen LogP contribution >= 0.6 is 0 Å². The molecule has 5 heterocycles. The quantitative estimate of drug-likeness (QED) is 0.490. The van der Waals surface area contributed by atoms with Gasteiger partial charge in [0.15, 0.2) is 5.65 Å². The second kappa shape index (κ2) is 8.59. The maximum atomic E-state index is 11.7. The van der Waals surface area contributed by atoms with Gasteiger partial charge in [-0.25, -0.2) is 9.50 Å². The molecule has 0 unspecified atom stereocenters. The first-order valence-electron chi connectivity index (χ1n) is 11.7. The summed E-state index contributed by atoms with van der Waals surface area (Å²) in [4.78, 5) is 27.1. The molecular formula is C25H31N7O. The van der Waals surface area contributed by atoms with Crippen molar-refractivity contribution in [2.75, 3.05) is 26.7 Å². The minimum Gasteiger partial charge on any atom is -0.358 e. The Morgan fingerprint density at radius 3 is 2.79 bits per heavy atom. The molecule has 172 valence electrons. The van der Waals surface area contributed by atoms with Crippen LogP contribution < -0.4 is 5.32 Å². The number of fused-ring (bicyclic) bond motifs is 2. The van der Waals surface area contributed by atoms with Crippen molar-refractivity contribution in [2.45, 2.75) is 45.4 Å². The third-order valence-corrected chi connectivity index (χ3v) is 6.78. The first kappa shape index (κ1) is 21.6. The summed E-state index contributed by atoms with van der Waals surface area (Å²) in [6.45, 7) is 8.83. The van der Waals surface area contributed by atoms with Crippen molar-refractivity contribution in [3.05, 3.63) is 47.5 Å². The van der Waals surface area contributed by atoms with Gasteiger partial charge in [0, 0.05) is 36.0 Å². The summed E-state index contributed by atoms with van der Waals surface area (Å²) in [6, 6.07) is 6.51. The van der Waals surface area contributed by atoms with E-state index in [4.69, 9.17) is 4.98 Å². The van der Waals surface area contributed by atoms with Crippen molar-refractivity contribution in [3.8, 4) is 11.3 Å². The monoisotopic (exact) mass is 445 g/mol. The molecule has 0 bridgehead atoms. The lowest BCUT2D eigenvalue weighted by Gasteiger charge is -2.31. The van der Waals surface area contributed by atoms with Crippen molar-refractivity contribution in [3.63, 3.8) is 0 Å². The van der Waals surface area contributed by atoms with E-state index >= 15 is 0 Å². The minimum atomic E-state index is 0.0775. The number of rotatable bonds is 5. The predicted octanol–water partition coefficient (Wildman–Crippen LogP) is 3.63. The molecule has 5 rings (SSSR count). The van der Waals surface area contributed by atoms with Crippen LogP contribution in [-0.2, 0) is 4.79 Å². The highest BCUT2D eigenvalue weighted by molar-refractivity contribution is 5.88. The Hall–Kier alpha value is -3.26. The summed E-state index contributed by atoms with van der Waals surface area (Å²) in [5, 5.41) is 7.06. The van der Waals surface area contributed by atoms with Gasteiger partial charge in [-0.05, 0) is 62.5 Å². The lowest BCUT2D eigenvalue weighted by Crippen LogP contribution is -2.40. The van der Waals surface area contributed by atoms with Crippen molar-refractivity contribution in [1.82, 2.24) is 34.8 Å². The molecule has 4 aromatic heterocycles. The zero-order chi connectivity index (χ0) is 23.1. The highest BCUT2D eigenvalue weighted by atomic mass is 16.1. The van der Waals surface area contributed by atoms with Gasteiger partial charge < -0.3 is 10.3 Å². The maximum absolute atomic E-state index is 11.7. The molecule has 1 amide bonds. The third-order valence-electron chi connectivity index (χ3n) is 6.78. The van der Waals surface area contributed by atoms with Crippen LogP contribution in [0.1, 0.15) is 55.3 Å². The van der Waals surface area contributed by atoms with Crippen LogP contribution in [0.25, 0.3) is 27.9 Å². The SMILES string of the molecule is CNC(=O)CN1CCC(c2ccc3[nH]c(-c4cc(C)c5ncnn5c4)c(C(C)C)c3n2)CC1. The molecule has 0 radical (unpaired) electrons. The molecule has 0 saturated carbocycles. The molecule has 0 aliphatic carbocycles. The number of carbonyl (C=O) groups is 1. The fourth-order valence-corrected chi connectivity index (χ4v) is 5.02. The Morgan fingerprint density at radius 2 is 2.06 bits per heavy atom. The van der Waals surface area contributed by atoms with E-state index in [-0.39, 0.29) is 5.91 Å². The second-order valence-corrected chi connectivity index (χ2v) is 9.36. The Morgan fingerprint density at radius 1 is 1.27 bits per heavy atom. The summed E-state index contributed by atoms with van der Waals surface area (Å²) in [5.41, 5.74) is 8.68. The molecule has 0 atom stereocenters. The van der Waals surface area contributed by atoms with Gasteiger partial charge in [-0.1, -0.05) is 13.8 Å². The van der Waals surface area contributed by atoms with E-state index in [1.807, 2.05) is 10.7 Å². The van der Waals surface area contributed by atoms with Crippen LogP contribution in [-0.4, -0.2) is 62.1 Å². The number of hydrogen-bond donors (Lipinski definition) is 2. The Kier molecular flexibility index (Phi) is 5.62. The van der Waals surface area contributed by atoms with E-state index in [0.717, 1.165) is 65.1 Å². The maximum Gasteiger partial charge on any atom is 0.233 e. The van der Waals surface area contributed by atoms with Crippen molar-refractivity contribution < 1.29 is 4.79 Å². The van der Waals surface area contributed by atoms with E-state index in [0.29, 0.717) is 18.4 Å². The number of aromatic amines is 1. The number of nitrogens with zero attached hydrogens (tertiary/aromatic N) is 5. The van der Waals surface area contributed by atoms with Gasteiger partial charge in [0.2, 0.25) is 5.91 Å². The van der Waals surface area contributed by atoms with Crippen molar-refractivity contribution in [2.24, 2.45) is 0 Å². The zero-order valence-electron chi connectivity index (χ0n) is 19.7. The molecule has 0 spiro atoms. The molecule has 0 aromatic carbocycles. The minimum absolute atomic E-state index is 0.0775. The van der Waals surface area contributed by atoms with Crippen LogP contribution in [0.4, 0.5) is 0 Å². The summed E-state index contributed by atoms with van der Waals surface area (Å²) >= 11 is 0. The van der Waals surface area contributed by atoms with Gasteiger partial charge in [-0.2, -0.15) is 5.10 Å². The fourth-order valence-electron chi connectivity index (χ4n) is 5.02. The number of carbonyl (C=O) groups excluding carboxylic acids is 1. The van der Waals surface area contributed by atoms with E-state index in [1.54, 1.807) is 13.4 Å². The van der Waals surface area contributed by atoms with Crippen LogP contribution in [0.15, 0.2) is 30.7 Å². The van der Waals surface area contributed by atoms with E-state index in [9.17, 15) is 4.79 Å². The summed E-state index contributed by atoms with van der Waals surface area (Å²) in [7, 11) is 1.69. The van der Waals surface area contributed by atoms with Crippen LogP contribution in [0.3, 0.4) is 0 Å². The van der Waals surface area contributed by atoms with Crippen molar-refractivity contribution in [1.29, 1.82) is 0 Å². The van der Waals surface area contributed by atoms with Gasteiger partial charge in [0.05, 0.1) is 23.3 Å². The number of nitrogens with one attached hydrogen (secondary N) is 2. The molecule has 33 heavy (non-hydrogen) atoms. The van der Waals surface area contributed by atoms with Crippen LogP contribution in [0, 0.1) is 6.92 Å². The van der Waals surface area contributed by atoms with Crippen LogP contribution in [0.2, 0.25) is 0 Å². The molecule has 4 aromatic rings. The fraction of sp³-hybridized carbons (Fsp3) is 0.440. The summed E-state index contributed by atoms with van der Waals surface area (Å²) in [6.07, 6.45) is 5.67. The third kappa shape index (κ3) is 3.99. The number of hydrogen-bond acceptors (Lipinski definition) is 5. The highest BCUT2D eigenvalue weighted by Crippen LogP contribution is 2.37. The first-order valence-corrected chi connectivity index (χ1v) is 11.7. The lowest BCUT2D eigenvalue weighted by molar-refractivity contribution is -0.122. The number of pyridine rings is 2. The molecule has 8 heteroatoms. The summed E-state index contributed by atoms with van der Waals surface area (Å²) in [5.74, 6) is 0.814. The first-order chi connectivity index (χ1) is 15.9. The molecule has 8 nitrogen and oxygen atoms in total. The predicted molar refractivity (Wildman–Crippen MR) is 129 cm³/mol. The smallest absolute Gasteiger partial charge is 0.233 e. The largest absolute Gasteiger partial charge is 0.358 e. The van der Waals surface area contributed by atoms with Crippen molar-refractivity contribution >= 4 is 22.6 Å². The van der Waals surface area contributed by atoms with Gasteiger partial charge in [-0.3, -0.25) is 14.7 Å². The van der Waals surface area contributed by atoms with Gasteiger partial charge >= 0.3 is 0 Å². The topological polar surface area (TPSA) is 91.2 Å². The normalized spacial score (nSPS) is 15.7. The van der Waals surface area contributed by atoms with E-state index in [1.165, 1.54) is 5.56 Å². The summed E-state index contributed by atoms with van der Waals surface area (Å²) < 4.78 is 1.84.